The van der Waals surface area contributed by atoms with Crippen LogP contribution in [0.1, 0.15) is 29.7 Å². The molecule has 0 radical (unpaired) electrons. The molecule has 2 aromatic rings. The average molecular weight is 274 g/mol. The van der Waals surface area contributed by atoms with Crippen molar-refractivity contribution >= 4 is 17.1 Å². The molecule has 100 valence electrons. The zero-order valence-corrected chi connectivity index (χ0v) is 12.1. The number of carbonyl (C=O) groups is 1. The predicted octanol–water partition coefficient (Wildman–Crippen LogP) is 4.06. The maximum absolute atomic E-state index is 12.1. The van der Waals surface area contributed by atoms with Gasteiger partial charge in [0.25, 0.3) is 0 Å². The highest BCUT2D eigenvalue weighted by atomic mass is 32.1. The van der Waals surface area contributed by atoms with E-state index in [-0.39, 0.29) is 5.92 Å². The summed E-state index contributed by atoms with van der Waals surface area (Å²) in [6, 6.07) is 12.0. The zero-order valence-electron chi connectivity index (χ0n) is 11.3. The van der Waals surface area contributed by atoms with Crippen molar-refractivity contribution in [3.63, 3.8) is 0 Å². The van der Waals surface area contributed by atoms with E-state index < -0.39 is 0 Å². The number of hydrogen-bond donors (Lipinski definition) is 0. The molecule has 0 bridgehead atoms. The number of benzene rings is 1. The Morgan fingerprint density at radius 3 is 2.53 bits per heavy atom. The van der Waals surface area contributed by atoms with Crippen LogP contribution >= 0.6 is 11.3 Å². The fourth-order valence-corrected chi connectivity index (χ4v) is 2.96. The van der Waals surface area contributed by atoms with Crippen LogP contribution in [-0.2, 0) is 11.2 Å². The van der Waals surface area contributed by atoms with Crippen molar-refractivity contribution < 1.29 is 9.53 Å². The van der Waals surface area contributed by atoms with Crippen LogP contribution in [0.3, 0.4) is 0 Å². The van der Waals surface area contributed by atoms with Crippen molar-refractivity contribution in [2.75, 3.05) is 7.11 Å². The molecule has 0 saturated heterocycles. The summed E-state index contributed by atoms with van der Waals surface area (Å²) in [6.45, 7) is 1.93. The molecule has 1 atom stereocenters. The van der Waals surface area contributed by atoms with Gasteiger partial charge in [0, 0.05) is 11.3 Å². The van der Waals surface area contributed by atoms with Gasteiger partial charge in [-0.2, -0.15) is 0 Å². The predicted molar refractivity (Wildman–Crippen MR) is 79.1 cm³/mol. The number of ketones is 1. The monoisotopic (exact) mass is 274 g/mol. The molecule has 1 aromatic heterocycles. The highest BCUT2D eigenvalue weighted by Crippen LogP contribution is 2.27. The second-order valence-corrected chi connectivity index (χ2v) is 5.42. The van der Waals surface area contributed by atoms with Crippen LogP contribution in [-0.4, -0.2) is 12.9 Å². The lowest BCUT2D eigenvalue weighted by atomic mass is 9.92. The third-order valence-electron chi connectivity index (χ3n) is 3.22. The van der Waals surface area contributed by atoms with Crippen LogP contribution in [0, 0.1) is 0 Å². The van der Waals surface area contributed by atoms with Crippen molar-refractivity contribution in [3.8, 4) is 5.75 Å². The van der Waals surface area contributed by atoms with E-state index in [1.165, 1.54) is 5.56 Å². The van der Waals surface area contributed by atoms with Crippen LogP contribution in [0.4, 0.5) is 0 Å². The number of rotatable bonds is 6. The first-order valence-electron chi connectivity index (χ1n) is 6.43. The minimum absolute atomic E-state index is 0.0154. The Morgan fingerprint density at radius 1 is 1.26 bits per heavy atom. The van der Waals surface area contributed by atoms with E-state index in [4.69, 9.17) is 4.74 Å². The summed E-state index contributed by atoms with van der Waals surface area (Å²) >= 11 is 1.66. The van der Waals surface area contributed by atoms with Crippen LogP contribution in [0.5, 0.6) is 5.75 Å². The van der Waals surface area contributed by atoms with Gasteiger partial charge in [0.05, 0.1) is 13.0 Å². The van der Waals surface area contributed by atoms with Gasteiger partial charge >= 0.3 is 0 Å². The molecule has 19 heavy (non-hydrogen) atoms. The molecular formula is C16H18O2S. The standard InChI is InChI=1S/C16H18O2S/c1-3-15(17)14(16-5-4-10-19-16)11-12-6-8-13(18-2)9-7-12/h4-10,14H,3,11H2,1-2H3. The van der Waals surface area contributed by atoms with Gasteiger partial charge in [-0.1, -0.05) is 25.1 Å². The number of thiophene rings is 1. The van der Waals surface area contributed by atoms with Gasteiger partial charge in [-0.15, -0.1) is 11.3 Å². The Balaban J connectivity index is 2.18. The highest BCUT2D eigenvalue weighted by molar-refractivity contribution is 7.10. The molecule has 0 fully saturated rings. The lowest BCUT2D eigenvalue weighted by Crippen LogP contribution is -2.13. The van der Waals surface area contributed by atoms with Gasteiger partial charge in [-0.3, -0.25) is 4.79 Å². The zero-order chi connectivity index (χ0) is 13.7. The molecule has 0 aliphatic heterocycles. The minimum Gasteiger partial charge on any atom is -0.497 e. The lowest BCUT2D eigenvalue weighted by molar-refractivity contribution is -0.120. The first-order valence-corrected chi connectivity index (χ1v) is 7.31. The van der Waals surface area contributed by atoms with Crippen molar-refractivity contribution in [2.45, 2.75) is 25.7 Å². The summed E-state index contributed by atoms with van der Waals surface area (Å²) in [5, 5.41) is 2.03. The number of methoxy groups -OCH3 is 1. The fourth-order valence-electron chi connectivity index (χ4n) is 2.11. The Bertz CT molecular complexity index is 514. The van der Waals surface area contributed by atoms with Gasteiger partial charge in [0.1, 0.15) is 11.5 Å². The van der Waals surface area contributed by atoms with Gasteiger partial charge in [-0.25, -0.2) is 0 Å². The summed E-state index contributed by atoms with van der Waals surface area (Å²) < 4.78 is 5.15. The highest BCUT2D eigenvalue weighted by Gasteiger charge is 2.20. The largest absolute Gasteiger partial charge is 0.497 e. The summed E-state index contributed by atoms with van der Waals surface area (Å²) in [6.07, 6.45) is 1.34. The molecule has 3 heteroatoms. The second-order valence-electron chi connectivity index (χ2n) is 4.44. The number of carbonyl (C=O) groups excluding carboxylic acids is 1. The number of hydrogen-bond acceptors (Lipinski definition) is 3. The van der Waals surface area contributed by atoms with Gasteiger partial charge < -0.3 is 4.74 Å². The van der Waals surface area contributed by atoms with E-state index >= 15 is 0 Å². The van der Waals surface area contributed by atoms with Crippen LogP contribution in [0.25, 0.3) is 0 Å². The average Bonchev–Trinajstić information content (AvgIpc) is 2.98. The summed E-state index contributed by atoms with van der Waals surface area (Å²) in [4.78, 5) is 13.3. The molecule has 0 amide bonds. The van der Waals surface area contributed by atoms with E-state index in [1.807, 2.05) is 48.7 Å². The minimum atomic E-state index is -0.0154. The molecule has 2 nitrogen and oxygen atoms in total. The van der Waals surface area contributed by atoms with Gasteiger partial charge in [0.2, 0.25) is 0 Å². The molecule has 0 N–H and O–H groups in total. The molecule has 0 aliphatic carbocycles. The van der Waals surface area contributed by atoms with E-state index in [1.54, 1.807) is 18.4 Å². The number of ether oxygens (including phenoxy) is 1. The van der Waals surface area contributed by atoms with E-state index in [0.29, 0.717) is 12.2 Å². The SMILES string of the molecule is CCC(=O)C(Cc1ccc(OC)cc1)c1cccs1. The maximum Gasteiger partial charge on any atom is 0.141 e. The van der Waals surface area contributed by atoms with Crippen LogP contribution < -0.4 is 4.74 Å². The molecule has 0 spiro atoms. The van der Waals surface area contributed by atoms with E-state index in [9.17, 15) is 4.79 Å². The fraction of sp³-hybridized carbons (Fsp3) is 0.312. The maximum atomic E-state index is 12.1. The normalized spacial score (nSPS) is 12.1. The number of Topliss-reactive ketones (excluding diaryl/α,β-unsaturated/α-hetero) is 1. The first kappa shape index (κ1) is 13.8. The molecular weight excluding hydrogens is 256 g/mol. The molecule has 1 aromatic carbocycles. The third kappa shape index (κ3) is 3.44. The Labute approximate surface area is 118 Å². The van der Waals surface area contributed by atoms with Crippen LogP contribution in [0.2, 0.25) is 0 Å². The molecule has 0 aliphatic rings. The lowest BCUT2D eigenvalue weighted by Gasteiger charge is -2.13. The quantitative estimate of drug-likeness (QED) is 0.794. The second kappa shape index (κ2) is 6.53. The Morgan fingerprint density at radius 2 is 2.00 bits per heavy atom. The van der Waals surface area contributed by atoms with Crippen molar-refractivity contribution in [3.05, 3.63) is 52.2 Å². The topological polar surface area (TPSA) is 26.3 Å². The van der Waals surface area contributed by atoms with E-state index in [2.05, 4.69) is 0 Å². The summed E-state index contributed by atoms with van der Waals surface area (Å²) in [5.74, 6) is 1.13. The van der Waals surface area contributed by atoms with Gasteiger partial charge in [0.15, 0.2) is 0 Å². The molecule has 0 saturated carbocycles. The first-order chi connectivity index (χ1) is 9.24. The van der Waals surface area contributed by atoms with Crippen molar-refractivity contribution in [1.82, 2.24) is 0 Å². The van der Waals surface area contributed by atoms with Crippen LogP contribution in [0.15, 0.2) is 41.8 Å². The molecule has 1 unspecified atom stereocenters. The summed E-state index contributed by atoms with van der Waals surface area (Å²) in [5.41, 5.74) is 1.17. The van der Waals surface area contributed by atoms with Crippen molar-refractivity contribution in [1.29, 1.82) is 0 Å². The summed E-state index contributed by atoms with van der Waals surface area (Å²) in [7, 11) is 1.66. The Hall–Kier alpha value is -1.61. The molecule has 2 rings (SSSR count). The third-order valence-corrected chi connectivity index (χ3v) is 4.21. The van der Waals surface area contributed by atoms with E-state index in [0.717, 1.165) is 17.0 Å². The Kier molecular flexibility index (Phi) is 4.74. The van der Waals surface area contributed by atoms with Crippen molar-refractivity contribution in [2.24, 2.45) is 0 Å². The van der Waals surface area contributed by atoms with Gasteiger partial charge in [-0.05, 0) is 35.6 Å². The smallest absolute Gasteiger partial charge is 0.141 e. The molecule has 1 heterocycles.